The van der Waals surface area contributed by atoms with E-state index in [9.17, 15) is 9.59 Å². The Morgan fingerprint density at radius 2 is 1.77 bits per heavy atom. The van der Waals surface area contributed by atoms with Crippen molar-refractivity contribution in [2.24, 2.45) is 5.92 Å². The van der Waals surface area contributed by atoms with Crippen molar-refractivity contribution >= 4 is 12.1 Å². The first-order valence-corrected chi connectivity index (χ1v) is 11.0. The summed E-state index contributed by atoms with van der Waals surface area (Å²) in [4.78, 5) is 28.1. The first kappa shape index (κ1) is 22.6. The number of ether oxygens (including phenoxy) is 2. The fourth-order valence-electron chi connectivity index (χ4n) is 4.47. The second-order valence-electron chi connectivity index (χ2n) is 9.71. The molecule has 3 rings (SSSR count). The Morgan fingerprint density at radius 1 is 1.13 bits per heavy atom. The lowest BCUT2D eigenvalue weighted by Crippen LogP contribution is -2.50. The van der Waals surface area contributed by atoms with Crippen molar-refractivity contribution in [1.29, 1.82) is 0 Å². The molecule has 2 saturated heterocycles. The van der Waals surface area contributed by atoms with E-state index in [-0.39, 0.29) is 18.0 Å². The quantitative estimate of drug-likeness (QED) is 0.686. The molecule has 2 aliphatic rings. The molecule has 0 saturated carbocycles. The number of carbonyl (C=O) groups is 2. The van der Waals surface area contributed by atoms with Crippen LogP contribution in [0.15, 0.2) is 18.2 Å². The molecule has 2 aliphatic heterocycles. The van der Waals surface area contributed by atoms with Gasteiger partial charge in [0.05, 0.1) is 13.0 Å². The van der Waals surface area contributed by atoms with Crippen molar-refractivity contribution < 1.29 is 19.1 Å². The van der Waals surface area contributed by atoms with E-state index < -0.39 is 5.60 Å². The number of hydrogen-bond acceptors (Lipinski definition) is 5. The Morgan fingerprint density at radius 3 is 2.30 bits per heavy atom. The van der Waals surface area contributed by atoms with E-state index in [0.717, 1.165) is 25.9 Å². The Kier molecular flexibility index (Phi) is 6.75. The topological polar surface area (TPSA) is 59.1 Å². The largest absolute Gasteiger partial charge is 0.469 e. The predicted octanol–water partition coefficient (Wildman–Crippen LogP) is 4.28. The number of esters is 1. The summed E-state index contributed by atoms with van der Waals surface area (Å²) in [6.07, 6.45) is 1.49. The molecule has 6 nitrogen and oxygen atoms in total. The van der Waals surface area contributed by atoms with Crippen LogP contribution in [0.1, 0.15) is 69.2 Å². The molecule has 2 fully saturated rings. The maximum atomic E-state index is 12.2. The number of rotatable bonds is 4. The number of aryl methyl sites for hydroxylation is 1. The number of nitrogens with zero attached hydrogens (tertiary/aromatic N) is 2. The molecule has 0 aliphatic carbocycles. The van der Waals surface area contributed by atoms with Crippen molar-refractivity contribution in [3.8, 4) is 0 Å². The zero-order valence-corrected chi connectivity index (χ0v) is 19.2. The van der Waals surface area contributed by atoms with Crippen molar-refractivity contribution in [2.75, 3.05) is 33.3 Å². The van der Waals surface area contributed by atoms with Gasteiger partial charge in [0.15, 0.2) is 0 Å². The van der Waals surface area contributed by atoms with Crippen LogP contribution in [-0.2, 0) is 14.3 Å². The number of hydrogen-bond donors (Lipinski definition) is 0. The zero-order valence-electron chi connectivity index (χ0n) is 19.2. The first-order chi connectivity index (χ1) is 14.1. The van der Waals surface area contributed by atoms with Gasteiger partial charge in [-0.25, -0.2) is 4.79 Å². The average molecular weight is 417 g/mol. The molecule has 166 valence electrons. The fraction of sp³-hybridized carbons (Fsp3) is 0.667. The maximum Gasteiger partial charge on any atom is 0.410 e. The Hall–Kier alpha value is -2.08. The van der Waals surface area contributed by atoms with Gasteiger partial charge in [-0.1, -0.05) is 18.2 Å². The number of carbonyl (C=O) groups excluding carboxylic acids is 2. The zero-order chi connectivity index (χ0) is 22.1. The third-order valence-corrected chi connectivity index (χ3v) is 6.36. The van der Waals surface area contributed by atoms with Gasteiger partial charge in [0.25, 0.3) is 0 Å². The number of benzene rings is 1. The number of likely N-dealkylation sites (tertiary alicyclic amines) is 2. The van der Waals surface area contributed by atoms with Gasteiger partial charge in [0, 0.05) is 25.0 Å². The lowest BCUT2D eigenvalue weighted by Gasteiger charge is -2.40. The number of piperidine rings is 1. The summed E-state index contributed by atoms with van der Waals surface area (Å²) in [6, 6.07) is 7.02. The van der Waals surface area contributed by atoms with Crippen LogP contribution >= 0.6 is 0 Å². The number of methoxy groups -OCH3 is 1. The molecule has 30 heavy (non-hydrogen) atoms. The van der Waals surface area contributed by atoms with Crippen LogP contribution in [0.3, 0.4) is 0 Å². The molecule has 1 aromatic carbocycles. The summed E-state index contributed by atoms with van der Waals surface area (Å²) in [5.74, 6) is 0.327. The minimum Gasteiger partial charge on any atom is -0.469 e. The molecule has 6 heteroatoms. The molecule has 0 N–H and O–H groups in total. The van der Waals surface area contributed by atoms with Gasteiger partial charge in [-0.3, -0.25) is 9.69 Å². The lowest BCUT2D eigenvalue weighted by atomic mass is 9.88. The van der Waals surface area contributed by atoms with E-state index in [0.29, 0.717) is 25.0 Å². The highest BCUT2D eigenvalue weighted by molar-refractivity contribution is 5.72. The molecule has 1 amide bonds. The van der Waals surface area contributed by atoms with Crippen molar-refractivity contribution in [3.63, 3.8) is 0 Å². The summed E-state index contributed by atoms with van der Waals surface area (Å²) >= 11 is 0. The van der Waals surface area contributed by atoms with E-state index >= 15 is 0 Å². The summed E-state index contributed by atoms with van der Waals surface area (Å²) in [6.45, 7) is 13.3. The highest BCUT2D eigenvalue weighted by Crippen LogP contribution is 2.33. The van der Waals surface area contributed by atoms with Crippen LogP contribution in [0.2, 0.25) is 0 Å². The summed E-state index contributed by atoms with van der Waals surface area (Å²) in [7, 11) is 1.47. The summed E-state index contributed by atoms with van der Waals surface area (Å²) < 4.78 is 10.3. The van der Waals surface area contributed by atoms with Crippen LogP contribution in [-0.4, -0.2) is 60.8 Å². The predicted molar refractivity (Wildman–Crippen MR) is 116 cm³/mol. The minimum atomic E-state index is -0.456. The molecule has 0 radical (unpaired) electrons. The number of amides is 1. The van der Waals surface area contributed by atoms with Gasteiger partial charge >= 0.3 is 12.1 Å². The minimum absolute atomic E-state index is 0.0356. The van der Waals surface area contributed by atoms with Gasteiger partial charge in [0.2, 0.25) is 0 Å². The van der Waals surface area contributed by atoms with Crippen LogP contribution in [0, 0.1) is 12.8 Å². The summed E-state index contributed by atoms with van der Waals surface area (Å²) in [5, 5.41) is 0. The molecule has 1 aromatic rings. The van der Waals surface area contributed by atoms with Gasteiger partial charge in [0.1, 0.15) is 5.60 Å². The third kappa shape index (κ3) is 5.15. The third-order valence-electron chi connectivity index (χ3n) is 6.36. The van der Waals surface area contributed by atoms with Crippen molar-refractivity contribution in [2.45, 2.75) is 65.0 Å². The van der Waals surface area contributed by atoms with E-state index in [2.05, 4.69) is 36.9 Å². The molecule has 0 bridgehead atoms. The van der Waals surface area contributed by atoms with E-state index in [1.807, 2.05) is 20.8 Å². The maximum absolute atomic E-state index is 12.2. The van der Waals surface area contributed by atoms with Crippen LogP contribution in [0.4, 0.5) is 4.79 Å². The SMILES string of the molecule is COC(=O)C1CCN(C(C)c2ccc(C3CN(C(=O)OC(C)(C)C)C3)cc2C)CC1. The Labute approximate surface area is 180 Å². The smallest absolute Gasteiger partial charge is 0.410 e. The molecule has 2 heterocycles. The molecule has 0 spiro atoms. The molecule has 1 atom stereocenters. The van der Waals surface area contributed by atoms with Crippen molar-refractivity contribution in [3.05, 3.63) is 34.9 Å². The molecular formula is C24H36N2O4. The van der Waals surface area contributed by atoms with Crippen molar-refractivity contribution in [1.82, 2.24) is 9.80 Å². The molecule has 1 unspecified atom stereocenters. The molecular weight excluding hydrogens is 380 g/mol. The van der Waals surface area contributed by atoms with E-state index in [4.69, 9.17) is 9.47 Å². The van der Waals surface area contributed by atoms with Crippen LogP contribution < -0.4 is 0 Å². The highest BCUT2D eigenvalue weighted by atomic mass is 16.6. The van der Waals surface area contributed by atoms with Gasteiger partial charge in [-0.2, -0.15) is 0 Å². The standard InChI is InChI=1S/C24H36N2O4/c1-16-13-19(20-14-26(15-20)23(28)30-24(3,4)5)7-8-21(16)17(2)25-11-9-18(10-12-25)22(27)29-6/h7-8,13,17-18,20H,9-12,14-15H2,1-6H3. The second kappa shape index (κ2) is 8.96. The summed E-state index contributed by atoms with van der Waals surface area (Å²) in [5.41, 5.74) is 3.44. The van der Waals surface area contributed by atoms with Gasteiger partial charge in [-0.15, -0.1) is 0 Å². The van der Waals surface area contributed by atoms with Crippen LogP contribution in [0.5, 0.6) is 0 Å². The highest BCUT2D eigenvalue weighted by Gasteiger charge is 2.35. The lowest BCUT2D eigenvalue weighted by molar-refractivity contribution is -0.147. The fourth-order valence-corrected chi connectivity index (χ4v) is 4.47. The van der Waals surface area contributed by atoms with Gasteiger partial charge in [-0.05, 0) is 77.2 Å². The Bertz CT molecular complexity index is 772. The van der Waals surface area contributed by atoms with Gasteiger partial charge < -0.3 is 14.4 Å². The Balaban J connectivity index is 1.56. The van der Waals surface area contributed by atoms with Crippen LogP contribution in [0.25, 0.3) is 0 Å². The monoisotopic (exact) mass is 416 g/mol. The van der Waals surface area contributed by atoms with E-state index in [1.165, 1.54) is 23.8 Å². The normalized spacial score (nSPS) is 19.9. The molecule has 0 aromatic heterocycles. The second-order valence-corrected chi connectivity index (χ2v) is 9.71. The average Bonchev–Trinajstić information content (AvgIpc) is 2.64. The van der Waals surface area contributed by atoms with E-state index in [1.54, 1.807) is 4.90 Å². The first-order valence-electron chi connectivity index (χ1n) is 11.0.